The van der Waals surface area contributed by atoms with Crippen LogP contribution in [0, 0.1) is 0 Å². The molecule has 156 valence electrons. The molecule has 0 aliphatic carbocycles. The fourth-order valence-electron chi connectivity index (χ4n) is 2.68. The molecule has 0 aliphatic rings. The molecule has 0 radical (unpaired) electrons. The normalized spacial score (nSPS) is 11.0. The molecule has 30 heavy (non-hydrogen) atoms. The number of rotatable bonds is 7. The number of amides is 1. The van der Waals surface area contributed by atoms with Crippen molar-refractivity contribution >= 4 is 33.4 Å². The summed E-state index contributed by atoms with van der Waals surface area (Å²) in [5, 5.41) is 6.72. The van der Waals surface area contributed by atoms with Crippen molar-refractivity contribution in [2.24, 2.45) is 0 Å². The van der Waals surface area contributed by atoms with Crippen LogP contribution in [-0.4, -0.2) is 36.7 Å². The Labute approximate surface area is 173 Å². The van der Waals surface area contributed by atoms with Gasteiger partial charge in [-0.05, 0) is 43.3 Å². The van der Waals surface area contributed by atoms with Gasteiger partial charge in [0.25, 0.3) is 10.0 Å². The summed E-state index contributed by atoms with van der Waals surface area (Å²) in [6, 6.07) is 14.4. The average molecular weight is 428 g/mol. The first-order valence-electron chi connectivity index (χ1n) is 9.03. The molecule has 0 spiro atoms. The van der Waals surface area contributed by atoms with Crippen molar-refractivity contribution in [1.29, 1.82) is 0 Å². The zero-order chi connectivity index (χ0) is 21.7. The highest BCUT2D eigenvalue weighted by Crippen LogP contribution is 2.25. The lowest BCUT2D eigenvalue weighted by Gasteiger charge is -2.13. The van der Waals surface area contributed by atoms with Gasteiger partial charge in [-0.1, -0.05) is 18.2 Å². The molecule has 2 N–H and O–H groups in total. The molecule has 9 nitrogen and oxygen atoms in total. The van der Waals surface area contributed by atoms with Crippen molar-refractivity contribution < 1.29 is 22.7 Å². The van der Waals surface area contributed by atoms with E-state index in [1.54, 1.807) is 37.3 Å². The van der Waals surface area contributed by atoms with Gasteiger partial charge in [0.2, 0.25) is 5.91 Å². The summed E-state index contributed by atoms with van der Waals surface area (Å²) < 4.78 is 34.7. The van der Waals surface area contributed by atoms with Crippen LogP contribution in [0.4, 0.5) is 11.5 Å². The molecule has 3 rings (SSSR count). The number of anilines is 2. The van der Waals surface area contributed by atoms with E-state index in [2.05, 4.69) is 15.1 Å². The van der Waals surface area contributed by atoms with Crippen molar-refractivity contribution in [1.82, 2.24) is 9.78 Å². The lowest BCUT2D eigenvalue weighted by atomic mass is 10.3. The fraction of sp³-hybridized carbons (Fsp3) is 0.150. The van der Waals surface area contributed by atoms with Crippen LogP contribution in [0.5, 0.6) is 0 Å². The summed E-state index contributed by atoms with van der Waals surface area (Å²) in [5.41, 5.74) is 1.01. The van der Waals surface area contributed by atoms with Gasteiger partial charge >= 0.3 is 5.97 Å². The smallest absolute Gasteiger partial charge is 0.343 e. The summed E-state index contributed by atoms with van der Waals surface area (Å²) in [5.74, 6) is -1.00. The van der Waals surface area contributed by atoms with E-state index >= 15 is 0 Å². The minimum absolute atomic E-state index is 0.0147. The van der Waals surface area contributed by atoms with Crippen molar-refractivity contribution in [2.75, 3.05) is 16.6 Å². The number of hydrogen-bond donors (Lipinski definition) is 2. The number of nitrogens with zero attached hydrogens (tertiary/aromatic N) is 2. The Balaban J connectivity index is 2.00. The minimum Gasteiger partial charge on any atom is -0.462 e. The van der Waals surface area contributed by atoms with Crippen LogP contribution >= 0.6 is 0 Å². The summed E-state index contributed by atoms with van der Waals surface area (Å²) >= 11 is 0. The number of esters is 1. The van der Waals surface area contributed by atoms with Crippen LogP contribution in [0.2, 0.25) is 0 Å². The Morgan fingerprint density at radius 3 is 2.33 bits per heavy atom. The first-order chi connectivity index (χ1) is 14.3. The molecule has 0 unspecified atom stereocenters. The van der Waals surface area contributed by atoms with Crippen LogP contribution in [0.25, 0.3) is 5.69 Å². The van der Waals surface area contributed by atoms with Crippen molar-refractivity contribution in [2.45, 2.75) is 18.7 Å². The second kappa shape index (κ2) is 8.78. The lowest BCUT2D eigenvalue weighted by Crippen LogP contribution is -2.18. The molecule has 1 heterocycles. The van der Waals surface area contributed by atoms with Gasteiger partial charge in [-0.25, -0.2) is 17.9 Å². The maximum atomic E-state index is 13.0. The van der Waals surface area contributed by atoms with Crippen LogP contribution in [0.15, 0.2) is 65.7 Å². The van der Waals surface area contributed by atoms with Crippen LogP contribution in [0.1, 0.15) is 24.2 Å². The molecule has 1 aromatic heterocycles. The van der Waals surface area contributed by atoms with Gasteiger partial charge < -0.3 is 10.1 Å². The average Bonchev–Trinajstić information content (AvgIpc) is 3.11. The zero-order valence-electron chi connectivity index (χ0n) is 16.3. The Bertz CT molecular complexity index is 1160. The molecule has 10 heteroatoms. The number of ether oxygens (including phenoxy) is 1. The second-order valence-electron chi connectivity index (χ2n) is 6.19. The minimum atomic E-state index is -4.06. The number of carbonyl (C=O) groups is 2. The highest BCUT2D eigenvalue weighted by molar-refractivity contribution is 7.92. The highest BCUT2D eigenvalue weighted by atomic mass is 32.2. The van der Waals surface area contributed by atoms with Gasteiger partial charge in [0.05, 0.1) is 23.4 Å². The van der Waals surface area contributed by atoms with E-state index < -0.39 is 16.0 Å². The molecule has 0 saturated heterocycles. The van der Waals surface area contributed by atoms with E-state index in [0.29, 0.717) is 11.4 Å². The van der Waals surface area contributed by atoms with Crippen LogP contribution < -0.4 is 10.0 Å². The van der Waals surface area contributed by atoms with Crippen LogP contribution in [-0.2, 0) is 19.6 Å². The number of nitrogens with one attached hydrogen (secondary N) is 2. The maximum absolute atomic E-state index is 13.0. The summed E-state index contributed by atoms with van der Waals surface area (Å²) in [6.45, 7) is 3.14. The zero-order valence-corrected chi connectivity index (χ0v) is 17.1. The van der Waals surface area contributed by atoms with Gasteiger partial charge in [0.15, 0.2) is 5.82 Å². The molecule has 0 aliphatic heterocycles. The topological polar surface area (TPSA) is 119 Å². The Morgan fingerprint density at radius 1 is 1.07 bits per heavy atom. The van der Waals surface area contributed by atoms with Crippen molar-refractivity contribution in [3.05, 3.63) is 66.4 Å². The number of aromatic nitrogens is 2. The predicted molar refractivity (Wildman–Crippen MR) is 111 cm³/mol. The number of carbonyl (C=O) groups excluding carboxylic acids is 2. The summed E-state index contributed by atoms with van der Waals surface area (Å²) in [6.07, 6.45) is 1.25. The molecule has 0 atom stereocenters. The van der Waals surface area contributed by atoms with E-state index in [0.717, 1.165) is 0 Å². The van der Waals surface area contributed by atoms with Crippen molar-refractivity contribution in [3.8, 4) is 5.69 Å². The summed E-state index contributed by atoms with van der Waals surface area (Å²) in [4.78, 5) is 23.4. The van der Waals surface area contributed by atoms with Gasteiger partial charge in [0, 0.05) is 12.6 Å². The second-order valence-corrected chi connectivity index (χ2v) is 7.87. The highest BCUT2D eigenvalue weighted by Gasteiger charge is 2.25. The van der Waals surface area contributed by atoms with E-state index in [9.17, 15) is 18.0 Å². The molecule has 0 bridgehead atoms. The van der Waals surface area contributed by atoms with E-state index in [-0.39, 0.29) is 28.8 Å². The lowest BCUT2D eigenvalue weighted by molar-refractivity contribution is -0.114. The van der Waals surface area contributed by atoms with Gasteiger partial charge in [-0.15, -0.1) is 0 Å². The molecule has 2 aromatic carbocycles. The summed E-state index contributed by atoms with van der Waals surface area (Å²) in [7, 11) is -4.06. The predicted octanol–water partition coefficient (Wildman–Crippen LogP) is 2.81. The first-order valence-corrected chi connectivity index (χ1v) is 10.5. The van der Waals surface area contributed by atoms with E-state index in [1.165, 1.54) is 42.1 Å². The van der Waals surface area contributed by atoms with Crippen molar-refractivity contribution in [3.63, 3.8) is 0 Å². The number of benzene rings is 2. The first kappa shape index (κ1) is 21.1. The Hall–Kier alpha value is -3.66. The monoisotopic (exact) mass is 428 g/mol. The number of para-hydroxylation sites is 1. The number of sulfonamides is 1. The van der Waals surface area contributed by atoms with Crippen LogP contribution in [0.3, 0.4) is 0 Å². The molecule has 0 fully saturated rings. The molecular weight excluding hydrogens is 408 g/mol. The number of hydrogen-bond acceptors (Lipinski definition) is 6. The molecule has 1 amide bonds. The third-order valence-electron chi connectivity index (χ3n) is 3.98. The van der Waals surface area contributed by atoms with Gasteiger partial charge in [-0.3, -0.25) is 9.52 Å². The van der Waals surface area contributed by atoms with Gasteiger partial charge in [-0.2, -0.15) is 5.10 Å². The van der Waals surface area contributed by atoms with E-state index in [1.807, 2.05) is 0 Å². The molecular formula is C20H20N4O5S. The quantitative estimate of drug-likeness (QED) is 0.559. The third-order valence-corrected chi connectivity index (χ3v) is 5.34. The standard InChI is InChI=1S/C20H20N4O5S/c1-3-29-20(26)18-13-21-24(16-7-5-4-6-8-16)19(18)23-30(27,28)17-11-9-15(10-12-17)22-14(2)25/h4-13,23H,3H2,1-2H3,(H,22,25). The van der Waals surface area contributed by atoms with E-state index in [4.69, 9.17) is 4.74 Å². The molecule has 0 saturated carbocycles. The largest absolute Gasteiger partial charge is 0.462 e. The third kappa shape index (κ3) is 4.66. The maximum Gasteiger partial charge on any atom is 0.343 e. The SMILES string of the molecule is CCOC(=O)c1cnn(-c2ccccc2)c1NS(=O)(=O)c1ccc(NC(C)=O)cc1. The fourth-order valence-corrected chi connectivity index (χ4v) is 3.74. The Kier molecular flexibility index (Phi) is 6.17. The Morgan fingerprint density at radius 2 is 1.73 bits per heavy atom. The van der Waals surface area contributed by atoms with Gasteiger partial charge in [0.1, 0.15) is 5.56 Å². The molecule has 3 aromatic rings.